The SMILES string of the molecule is Cc1nc([C@H]2CCCN2C(=O)NCc2cscc2C)cs1. The van der Waals surface area contributed by atoms with Crippen LogP contribution in [-0.2, 0) is 6.54 Å². The van der Waals surface area contributed by atoms with Crippen molar-refractivity contribution in [3.63, 3.8) is 0 Å². The fraction of sp³-hybridized carbons (Fsp3) is 0.467. The van der Waals surface area contributed by atoms with Crippen LogP contribution in [0.4, 0.5) is 4.79 Å². The number of thiazole rings is 1. The second kappa shape index (κ2) is 6.15. The number of thiophene rings is 1. The summed E-state index contributed by atoms with van der Waals surface area (Å²) in [4.78, 5) is 18.9. The lowest BCUT2D eigenvalue weighted by molar-refractivity contribution is 0.191. The van der Waals surface area contributed by atoms with Crippen molar-refractivity contribution in [3.8, 4) is 0 Å². The predicted octanol–water partition coefficient (Wildman–Crippen LogP) is 3.87. The molecule has 0 radical (unpaired) electrons. The molecule has 1 aliphatic heterocycles. The number of likely N-dealkylation sites (tertiary alicyclic amines) is 1. The van der Waals surface area contributed by atoms with Crippen LogP contribution < -0.4 is 5.32 Å². The van der Waals surface area contributed by atoms with Gasteiger partial charge in [0.05, 0.1) is 16.7 Å². The van der Waals surface area contributed by atoms with Gasteiger partial charge in [0, 0.05) is 18.5 Å². The molecular formula is C15H19N3OS2. The van der Waals surface area contributed by atoms with E-state index in [1.807, 2.05) is 11.8 Å². The molecule has 2 aromatic heterocycles. The zero-order valence-corrected chi connectivity index (χ0v) is 13.9. The highest BCUT2D eigenvalue weighted by molar-refractivity contribution is 7.09. The van der Waals surface area contributed by atoms with E-state index in [1.165, 1.54) is 11.1 Å². The lowest BCUT2D eigenvalue weighted by Gasteiger charge is -2.23. The molecule has 1 N–H and O–H groups in total. The fourth-order valence-electron chi connectivity index (χ4n) is 2.69. The number of nitrogens with zero attached hydrogens (tertiary/aromatic N) is 2. The van der Waals surface area contributed by atoms with Crippen molar-refractivity contribution in [1.29, 1.82) is 0 Å². The lowest BCUT2D eigenvalue weighted by atomic mass is 10.2. The minimum Gasteiger partial charge on any atom is -0.334 e. The first-order chi connectivity index (χ1) is 10.1. The molecule has 2 aromatic rings. The first kappa shape index (κ1) is 14.5. The van der Waals surface area contributed by atoms with Crippen molar-refractivity contribution >= 4 is 28.7 Å². The van der Waals surface area contributed by atoms with Gasteiger partial charge < -0.3 is 10.2 Å². The number of hydrogen-bond acceptors (Lipinski definition) is 4. The molecule has 0 saturated carbocycles. The van der Waals surface area contributed by atoms with E-state index in [4.69, 9.17) is 0 Å². The Balaban J connectivity index is 1.65. The quantitative estimate of drug-likeness (QED) is 0.933. The van der Waals surface area contributed by atoms with Gasteiger partial charge in [-0.1, -0.05) is 0 Å². The van der Waals surface area contributed by atoms with Crippen LogP contribution in [0.25, 0.3) is 0 Å². The molecule has 1 saturated heterocycles. The van der Waals surface area contributed by atoms with E-state index in [2.05, 4.69) is 33.4 Å². The smallest absolute Gasteiger partial charge is 0.318 e. The Morgan fingerprint density at radius 2 is 2.29 bits per heavy atom. The Kier molecular flexibility index (Phi) is 4.26. The average Bonchev–Trinajstić information content (AvgIpc) is 3.16. The lowest BCUT2D eigenvalue weighted by Crippen LogP contribution is -2.39. The maximum absolute atomic E-state index is 12.4. The Morgan fingerprint density at radius 3 is 2.95 bits per heavy atom. The van der Waals surface area contributed by atoms with E-state index in [-0.39, 0.29) is 12.1 Å². The van der Waals surface area contributed by atoms with E-state index < -0.39 is 0 Å². The standard InChI is InChI=1S/C15H19N3OS2/c1-10-7-20-8-12(10)6-16-15(19)18-5-3-4-14(18)13-9-21-11(2)17-13/h7-9,14H,3-6H2,1-2H3,(H,16,19)/t14-/m1/s1. The molecule has 21 heavy (non-hydrogen) atoms. The van der Waals surface area contributed by atoms with Crippen LogP contribution in [-0.4, -0.2) is 22.5 Å². The van der Waals surface area contributed by atoms with Crippen LogP contribution in [0.1, 0.15) is 40.7 Å². The number of aryl methyl sites for hydroxylation is 2. The summed E-state index contributed by atoms with van der Waals surface area (Å²) in [6, 6.07) is 0.160. The summed E-state index contributed by atoms with van der Waals surface area (Å²) in [7, 11) is 0. The average molecular weight is 321 g/mol. The van der Waals surface area contributed by atoms with Gasteiger partial charge in [-0.3, -0.25) is 0 Å². The minimum atomic E-state index is 0.0220. The molecule has 3 rings (SSSR count). The highest BCUT2D eigenvalue weighted by Crippen LogP contribution is 2.32. The van der Waals surface area contributed by atoms with Crippen LogP contribution in [0.15, 0.2) is 16.1 Å². The predicted molar refractivity (Wildman–Crippen MR) is 86.8 cm³/mol. The molecule has 0 bridgehead atoms. The van der Waals surface area contributed by atoms with Gasteiger partial charge in [0.1, 0.15) is 0 Å². The van der Waals surface area contributed by atoms with E-state index in [0.717, 1.165) is 30.1 Å². The Hall–Kier alpha value is -1.40. The van der Waals surface area contributed by atoms with Crippen molar-refractivity contribution in [1.82, 2.24) is 15.2 Å². The van der Waals surface area contributed by atoms with Gasteiger partial charge in [0.2, 0.25) is 0 Å². The molecule has 0 spiro atoms. The van der Waals surface area contributed by atoms with E-state index in [0.29, 0.717) is 6.54 Å². The molecule has 2 amide bonds. The van der Waals surface area contributed by atoms with Crippen LogP contribution in [0.5, 0.6) is 0 Å². The van der Waals surface area contributed by atoms with Gasteiger partial charge in [-0.2, -0.15) is 11.3 Å². The maximum Gasteiger partial charge on any atom is 0.318 e. The van der Waals surface area contributed by atoms with Gasteiger partial charge in [0.15, 0.2) is 0 Å². The Morgan fingerprint density at radius 1 is 1.43 bits per heavy atom. The first-order valence-electron chi connectivity index (χ1n) is 7.13. The molecule has 0 aliphatic carbocycles. The number of rotatable bonds is 3. The number of amides is 2. The zero-order chi connectivity index (χ0) is 14.8. The summed E-state index contributed by atoms with van der Waals surface area (Å²) in [6.45, 7) is 5.50. The van der Waals surface area contributed by atoms with E-state index in [9.17, 15) is 4.79 Å². The topological polar surface area (TPSA) is 45.2 Å². The van der Waals surface area contributed by atoms with Crippen molar-refractivity contribution in [2.75, 3.05) is 6.54 Å². The van der Waals surface area contributed by atoms with E-state index in [1.54, 1.807) is 22.7 Å². The number of hydrogen-bond donors (Lipinski definition) is 1. The van der Waals surface area contributed by atoms with Crippen LogP contribution in [0.3, 0.4) is 0 Å². The highest BCUT2D eigenvalue weighted by atomic mass is 32.1. The molecule has 0 aromatic carbocycles. The molecule has 1 aliphatic rings. The van der Waals surface area contributed by atoms with Gasteiger partial charge in [-0.05, 0) is 48.6 Å². The van der Waals surface area contributed by atoms with Crippen LogP contribution in [0.2, 0.25) is 0 Å². The summed E-state index contributed by atoms with van der Waals surface area (Å²) >= 11 is 3.33. The molecule has 1 atom stereocenters. The molecule has 0 unspecified atom stereocenters. The number of carbonyl (C=O) groups excluding carboxylic acids is 1. The molecular weight excluding hydrogens is 302 g/mol. The first-order valence-corrected chi connectivity index (χ1v) is 8.95. The van der Waals surface area contributed by atoms with E-state index >= 15 is 0 Å². The maximum atomic E-state index is 12.4. The van der Waals surface area contributed by atoms with Crippen molar-refractivity contribution in [3.05, 3.63) is 38.0 Å². The second-order valence-corrected chi connectivity index (χ2v) is 7.19. The highest BCUT2D eigenvalue weighted by Gasteiger charge is 2.31. The third kappa shape index (κ3) is 3.11. The molecule has 112 valence electrons. The molecule has 3 heterocycles. The second-order valence-electron chi connectivity index (χ2n) is 5.38. The largest absolute Gasteiger partial charge is 0.334 e. The summed E-state index contributed by atoms with van der Waals surface area (Å²) in [5.41, 5.74) is 3.49. The summed E-state index contributed by atoms with van der Waals surface area (Å²) in [6.07, 6.45) is 2.06. The number of aromatic nitrogens is 1. The van der Waals surface area contributed by atoms with Crippen molar-refractivity contribution in [2.24, 2.45) is 0 Å². The Bertz CT molecular complexity index is 634. The fourth-order valence-corrected chi connectivity index (χ4v) is 4.21. The third-order valence-corrected chi connectivity index (χ3v) is 5.59. The molecule has 1 fully saturated rings. The molecule has 6 heteroatoms. The number of urea groups is 1. The summed E-state index contributed by atoms with van der Waals surface area (Å²) in [5, 5.41) is 10.4. The van der Waals surface area contributed by atoms with Crippen LogP contribution >= 0.6 is 22.7 Å². The van der Waals surface area contributed by atoms with Crippen molar-refractivity contribution in [2.45, 2.75) is 39.3 Å². The summed E-state index contributed by atoms with van der Waals surface area (Å²) < 4.78 is 0. The number of carbonyl (C=O) groups is 1. The minimum absolute atomic E-state index is 0.0220. The van der Waals surface area contributed by atoms with Gasteiger partial charge in [0.25, 0.3) is 0 Å². The normalized spacial score (nSPS) is 18.2. The zero-order valence-electron chi connectivity index (χ0n) is 12.3. The Labute approximate surface area is 132 Å². The molecule has 4 nitrogen and oxygen atoms in total. The van der Waals surface area contributed by atoms with Gasteiger partial charge in [-0.15, -0.1) is 11.3 Å². The van der Waals surface area contributed by atoms with Gasteiger partial charge >= 0.3 is 6.03 Å². The number of nitrogens with one attached hydrogen (secondary N) is 1. The summed E-state index contributed by atoms with van der Waals surface area (Å²) in [5.74, 6) is 0. The van der Waals surface area contributed by atoms with Crippen molar-refractivity contribution < 1.29 is 4.79 Å². The monoisotopic (exact) mass is 321 g/mol. The van der Waals surface area contributed by atoms with Crippen LogP contribution in [0, 0.1) is 13.8 Å². The van der Waals surface area contributed by atoms with Gasteiger partial charge in [-0.25, -0.2) is 9.78 Å². The third-order valence-electron chi connectivity index (χ3n) is 3.88.